The number of carbonyl (C=O) groups is 1. The zero-order chi connectivity index (χ0) is 36.0. The lowest BCUT2D eigenvalue weighted by Gasteiger charge is -2.18. The van der Waals surface area contributed by atoms with Crippen molar-refractivity contribution in [3.63, 3.8) is 0 Å². The van der Waals surface area contributed by atoms with Crippen LogP contribution in [-0.4, -0.2) is 66.8 Å². The molecule has 0 spiro atoms. The third kappa shape index (κ3) is 37.7. The topological polar surface area (TPSA) is 79.2 Å². The van der Waals surface area contributed by atoms with Gasteiger partial charge in [-0.1, -0.05) is 141 Å². The molecule has 0 amide bonds. The molecule has 0 aromatic heterocycles. The van der Waals surface area contributed by atoms with E-state index in [-0.39, 0.29) is 18.3 Å². The van der Waals surface area contributed by atoms with Gasteiger partial charge >= 0.3 is 6.16 Å². The summed E-state index contributed by atoms with van der Waals surface area (Å²) in [5.74, 6) is 0. The van der Waals surface area contributed by atoms with Crippen LogP contribution in [0.5, 0.6) is 0 Å². The standard InChI is InChI=1S/C43H83NO5/c1-5-7-9-25-32-40(45)34-27-21-17-13-11-15-19-23-29-36-42(49-43(47)48-39-31-38-44(3)4)37-30-24-20-16-12-14-18-22-28-35-41(46)33-26-10-8-6-2/h21-22,27-28,40-42,45-46H,5-20,23-26,29-39H2,1-4H3/t40-,41-,42?/m1/s1. The van der Waals surface area contributed by atoms with E-state index in [1.54, 1.807) is 0 Å². The molecule has 290 valence electrons. The highest BCUT2D eigenvalue weighted by Crippen LogP contribution is 2.18. The Morgan fingerprint density at radius 1 is 0.551 bits per heavy atom. The van der Waals surface area contributed by atoms with Gasteiger partial charge in [0.2, 0.25) is 0 Å². The summed E-state index contributed by atoms with van der Waals surface area (Å²) in [6.07, 6.45) is 40.5. The molecule has 0 aliphatic carbocycles. The van der Waals surface area contributed by atoms with Crippen LogP contribution in [0.2, 0.25) is 0 Å². The van der Waals surface area contributed by atoms with Gasteiger partial charge in [0.15, 0.2) is 0 Å². The molecular weight excluding hydrogens is 610 g/mol. The monoisotopic (exact) mass is 694 g/mol. The minimum absolute atomic E-state index is 0.0411. The lowest BCUT2D eigenvalue weighted by Crippen LogP contribution is -2.21. The summed E-state index contributed by atoms with van der Waals surface area (Å²) in [6, 6.07) is 0. The van der Waals surface area contributed by atoms with Crippen LogP contribution in [0.4, 0.5) is 4.79 Å². The summed E-state index contributed by atoms with van der Waals surface area (Å²) in [5, 5.41) is 20.2. The molecular formula is C43H83NO5. The molecule has 49 heavy (non-hydrogen) atoms. The molecule has 0 aliphatic heterocycles. The van der Waals surface area contributed by atoms with Gasteiger partial charge in [-0.3, -0.25) is 0 Å². The Kier molecular flexibility index (Phi) is 36.8. The first-order chi connectivity index (χ1) is 23.9. The minimum atomic E-state index is -0.502. The second kappa shape index (κ2) is 37.9. The van der Waals surface area contributed by atoms with E-state index < -0.39 is 6.16 Å². The van der Waals surface area contributed by atoms with E-state index in [2.05, 4.69) is 43.1 Å². The van der Waals surface area contributed by atoms with Crippen LogP contribution < -0.4 is 0 Å². The number of aliphatic hydroxyl groups excluding tert-OH is 2. The molecule has 0 bridgehead atoms. The number of allylic oxidation sites excluding steroid dienone is 2. The zero-order valence-corrected chi connectivity index (χ0v) is 33.0. The average molecular weight is 694 g/mol. The summed E-state index contributed by atoms with van der Waals surface area (Å²) in [4.78, 5) is 14.5. The maximum Gasteiger partial charge on any atom is 0.508 e. The number of ether oxygens (including phenoxy) is 2. The first-order valence-corrected chi connectivity index (χ1v) is 21.0. The summed E-state index contributed by atoms with van der Waals surface area (Å²) in [5.41, 5.74) is 0. The number of hydrogen-bond acceptors (Lipinski definition) is 6. The summed E-state index contributed by atoms with van der Waals surface area (Å²) < 4.78 is 11.2. The molecule has 0 fully saturated rings. The van der Waals surface area contributed by atoms with Gasteiger partial charge in [0, 0.05) is 6.54 Å². The Labute approximate surface area is 304 Å². The van der Waals surface area contributed by atoms with E-state index in [1.165, 1.54) is 103 Å². The molecule has 0 aliphatic rings. The molecule has 6 heteroatoms. The average Bonchev–Trinajstić information content (AvgIpc) is 3.08. The number of rotatable bonds is 37. The number of nitrogens with zero attached hydrogens (tertiary/aromatic N) is 1. The van der Waals surface area contributed by atoms with E-state index in [9.17, 15) is 15.0 Å². The van der Waals surface area contributed by atoms with Gasteiger partial charge in [-0.15, -0.1) is 0 Å². The van der Waals surface area contributed by atoms with Crippen LogP contribution in [0.1, 0.15) is 200 Å². The molecule has 2 atom stereocenters. The Balaban J connectivity index is 4.10. The van der Waals surface area contributed by atoms with Crippen molar-refractivity contribution >= 4 is 6.16 Å². The SMILES string of the molecule is CCCCCC[C@@H](O)CC=CCCCCCCCCC(CCCCCCCCC=CC[C@H](O)CCCCCC)OC(=O)OCCCN(C)C. The zero-order valence-electron chi connectivity index (χ0n) is 33.0. The number of unbranched alkanes of at least 4 members (excludes halogenated alkanes) is 18. The molecule has 0 aromatic rings. The summed E-state index contributed by atoms with van der Waals surface area (Å²) in [7, 11) is 4.05. The molecule has 0 rings (SSSR count). The smallest absolute Gasteiger partial charge is 0.434 e. The number of hydrogen-bond donors (Lipinski definition) is 2. The molecule has 0 heterocycles. The lowest BCUT2D eigenvalue weighted by atomic mass is 10.0. The second-order valence-electron chi connectivity index (χ2n) is 14.8. The van der Waals surface area contributed by atoms with Gasteiger partial charge in [-0.05, 0) is 97.6 Å². The van der Waals surface area contributed by atoms with Crippen molar-refractivity contribution in [2.24, 2.45) is 0 Å². The van der Waals surface area contributed by atoms with Crippen LogP contribution >= 0.6 is 0 Å². The van der Waals surface area contributed by atoms with Gasteiger partial charge in [0.1, 0.15) is 6.10 Å². The molecule has 0 radical (unpaired) electrons. The van der Waals surface area contributed by atoms with Gasteiger partial charge in [0.05, 0.1) is 18.8 Å². The highest BCUT2D eigenvalue weighted by molar-refractivity contribution is 5.60. The van der Waals surface area contributed by atoms with Crippen molar-refractivity contribution in [3.05, 3.63) is 24.3 Å². The van der Waals surface area contributed by atoms with Crippen LogP contribution in [0.15, 0.2) is 24.3 Å². The van der Waals surface area contributed by atoms with Crippen molar-refractivity contribution in [2.75, 3.05) is 27.2 Å². The van der Waals surface area contributed by atoms with Gasteiger partial charge in [0.25, 0.3) is 0 Å². The Bertz CT molecular complexity index is 694. The first kappa shape index (κ1) is 47.6. The first-order valence-electron chi connectivity index (χ1n) is 21.0. The van der Waals surface area contributed by atoms with Crippen molar-refractivity contribution in [1.82, 2.24) is 4.90 Å². The van der Waals surface area contributed by atoms with Crippen LogP contribution in [0.25, 0.3) is 0 Å². The van der Waals surface area contributed by atoms with E-state index >= 15 is 0 Å². The van der Waals surface area contributed by atoms with E-state index in [1.807, 2.05) is 14.1 Å². The van der Waals surface area contributed by atoms with Crippen molar-refractivity contribution in [1.29, 1.82) is 0 Å². The van der Waals surface area contributed by atoms with Crippen molar-refractivity contribution in [2.45, 2.75) is 218 Å². The Morgan fingerprint density at radius 2 is 0.959 bits per heavy atom. The Morgan fingerprint density at radius 3 is 1.41 bits per heavy atom. The Hall–Kier alpha value is -1.37. The third-order valence-corrected chi connectivity index (χ3v) is 9.46. The maximum atomic E-state index is 12.4. The summed E-state index contributed by atoms with van der Waals surface area (Å²) >= 11 is 0. The summed E-state index contributed by atoms with van der Waals surface area (Å²) in [6.45, 7) is 5.75. The lowest BCUT2D eigenvalue weighted by molar-refractivity contribution is 0.0150. The molecule has 0 saturated heterocycles. The van der Waals surface area contributed by atoms with E-state index in [0.717, 1.165) is 90.0 Å². The van der Waals surface area contributed by atoms with Crippen LogP contribution in [0, 0.1) is 0 Å². The maximum absolute atomic E-state index is 12.4. The molecule has 6 nitrogen and oxygen atoms in total. The fraction of sp³-hybridized carbons (Fsp3) is 0.884. The van der Waals surface area contributed by atoms with Crippen LogP contribution in [-0.2, 0) is 9.47 Å². The van der Waals surface area contributed by atoms with Gasteiger partial charge in [-0.25, -0.2) is 4.79 Å². The van der Waals surface area contributed by atoms with Gasteiger partial charge in [-0.2, -0.15) is 0 Å². The molecule has 2 N–H and O–H groups in total. The molecule has 0 unspecified atom stereocenters. The third-order valence-electron chi connectivity index (χ3n) is 9.46. The predicted octanol–water partition coefficient (Wildman–Crippen LogP) is 12.3. The normalized spacial score (nSPS) is 13.9. The van der Waals surface area contributed by atoms with E-state index in [0.29, 0.717) is 6.61 Å². The van der Waals surface area contributed by atoms with Crippen molar-refractivity contribution < 1.29 is 24.5 Å². The highest BCUT2D eigenvalue weighted by atomic mass is 16.7. The highest BCUT2D eigenvalue weighted by Gasteiger charge is 2.15. The fourth-order valence-corrected chi connectivity index (χ4v) is 6.24. The molecule has 0 saturated carbocycles. The van der Waals surface area contributed by atoms with Crippen LogP contribution in [0.3, 0.4) is 0 Å². The minimum Gasteiger partial charge on any atom is -0.434 e. The number of carbonyl (C=O) groups excluding carboxylic acids is 1. The van der Waals surface area contributed by atoms with Gasteiger partial charge < -0.3 is 24.6 Å². The second-order valence-corrected chi connectivity index (χ2v) is 14.8. The largest absolute Gasteiger partial charge is 0.508 e. The fourth-order valence-electron chi connectivity index (χ4n) is 6.24. The predicted molar refractivity (Wildman–Crippen MR) is 210 cm³/mol. The number of aliphatic hydroxyl groups is 2. The van der Waals surface area contributed by atoms with Crippen molar-refractivity contribution in [3.8, 4) is 0 Å². The molecule has 0 aromatic carbocycles. The quantitative estimate of drug-likeness (QED) is 0.0383. The van der Waals surface area contributed by atoms with E-state index in [4.69, 9.17) is 9.47 Å².